The number of halogens is 3. The van der Waals surface area contributed by atoms with Gasteiger partial charge in [0, 0.05) is 30.6 Å². The summed E-state index contributed by atoms with van der Waals surface area (Å²) in [6.07, 6.45) is 3.13. The molecule has 0 aliphatic carbocycles. The number of rotatable bonds is 12. The highest BCUT2D eigenvalue weighted by Gasteiger charge is 2.36. The maximum Gasteiger partial charge on any atom is 0.416 e. The fourth-order valence-electron chi connectivity index (χ4n) is 5.71. The van der Waals surface area contributed by atoms with E-state index in [-0.39, 0.29) is 30.9 Å². The molecule has 0 saturated carbocycles. The Morgan fingerprint density at radius 1 is 1.11 bits per heavy atom. The number of likely N-dealkylation sites (N-methyl/N-ethyl adjacent to an activating group) is 1. The molecule has 3 rings (SSSR count). The number of aliphatic carboxylic acids is 1. The number of aromatic nitrogens is 2. The topological polar surface area (TPSA) is 105 Å². The molecule has 1 aromatic carbocycles. The smallest absolute Gasteiger partial charge is 0.416 e. The zero-order valence-corrected chi connectivity index (χ0v) is 27.2. The van der Waals surface area contributed by atoms with Gasteiger partial charge in [0.2, 0.25) is 5.91 Å². The standard InChI is InChI=1S/C35H41F3N4O4/c1-9-28-26(33-22(5)13-21(4)14-23(33)6)15-25(18-39-28)29(17-32(44)45)40-34(46)30(12-20(2)3)42-19-24(10-11-41(7)8)27(16-31(42)43)35(36,37)38/h1,13-16,18-20,29-30H,10-12,17H2,2-8H3,(H,40,46)(H,44,45)/t29-,30+/m0/s1. The molecule has 1 amide bonds. The Morgan fingerprint density at radius 3 is 2.26 bits per heavy atom. The molecule has 11 heteroatoms. The van der Waals surface area contributed by atoms with Gasteiger partial charge in [0.05, 0.1) is 18.0 Å². The summed E-state index contributed by atoms with van der Waals surface area (Å²) in [4.78, 5) is 45.2. The van der Waals surface area contributed by atoms with Crippen molar-refractivity contribution in [2.24, 2.45) is 5.92 Å². The molecule has 0 radical (unpaired) electrons. The highest BCUT2D eigenvalue weighted by atomic mass is 19.4. The molecular weight excluding hydrogens is 597 g/mol. The molecule has 2 aromatic heterocycles. The monoisotopic (exact) mass is 638 g/mol. The van der Waals surface area contributed by atoms with Gasteiger partial charge in [-0.05, 0) is 93.4 Å². The van der Waals surface area contributed by atoms with Crippen molar-refractivity contribution in [3.63, 3.8) is 0 Å². The van der Waals surface area contributed by atoms with Gasteiger partial charge in [-0.3, -0.25) is 14.4 Å². The van der Waals surface area contributed by atoms with Crippen LogP contribution in [0.15, 0.2) is 41.5 Å². The van der Waals surface area contributed by atoms with Crippen molar-refractivity contribution in [2.75, 3.05) is 20.6 Å². The third-order valence-corrected chi connectivity index (χ3v) is 7.72. The molecule has 246 valence electrons. The van der Waals surface area contributed by atoms with Crippen LogP contribution in [0.2, 0.25) is 0 Å². The predicted octanol–water partition coefficient (Wildman–Crippen LogP) is 5.86. The number of nitrogens with one attached hydrogen (secondary N) is 1. The molecule has 2 N–H and O–H groups in total. The van der Waals surface area contributed by atoms with Gasteiger partial charge in [0.25, 0.3) is 5.56 Å². The fourth-order valence-corrected chi connectivity index (χ4v) is 5.71. The average Bonchev–Trinajstić information content (AvgIpc) is 2.93. The highest BCUT2D eigenvalue weighted by Crippen LogP contribution is 2.34. The number of carboxylic acid groups (broad SMARTS) is 1. The number of terminal acetylenes is 1. The normalized spacial score (nSPS) is 13.0. The molecule has 0 spiro atoms. The first-order valence-corrected chi connectivity index (χ1v) is 15.0. The second kappa shape index (κ2) is 14.8. The molecular formula is C35H41F3N4O4. The predicted molar refractivity (Wildman–Crippen MR) is 171 cm³/mol. The van der Waals surface area contributed by atoms with Gasteiger partial charge in [0.15, 0.2) is 0 Å². The van der Waals surface area contributed by atoms with Crippen molar-refractivity contribution in [2.45, 2.75) is 72.1 Å². The van der Waals surface area contributed by atoms with Crippen molar-refractivity contribution in [1.82, 2.24) is 19.8 Å². The number of carbonyl (C=O) groups is 2. The minimum absolute atomic E-state index is 0.00635. The Labute approximate surface area is 267 Å². The van der Waals surface area contributed by atoms with Gasteiger partial charge in [-0.2, -0.15) is 13.2 Å². The minimum Gasteiger partial charge on any atom is -0.481 e. The van der Waals surface area contributed by atoms with E-state index in [0.717, 1.165) is 33.0 Å². The van der Waals surface area contributed by atoms with Crippen LogP contribution in [0.3, 0.4) is 0 Å². The second-order valence-electron chi connectivity index (χ2n) is 12.4. The zero-order chi connectivity index (χ0) is 34.5. The van der Waals surface area contributed by atoms with Gasteiger partial charge in [-0.1, -0.05) is 31.5 Å². The number of carboxylic acids is 1. The minimum atomic E-state index is -4.76. The number of alkyl halides is 3. The van der Waals surface area contributed by atoms with Gasteiger partial charge in [-0.15, -0.1) is 6.42 Å². The van der Waals surface area contributed by atoms with Gasteiger partial charge < -0.3 is 19.9 Å². The molecule has 3 aromatic rings. The molecule has 0 saturated heterocycles. The van der Waals surface area contributed by atoms with E-state index in [1.54, 1.807) is 25.1 Å². The van der Waals surface area contributed by atoms with E-state index in [2.05, 4.69) is 16.2 Å². The van der Waals surface area contributed by atoms with Crippen molar-refractivity contribution in [3.05, 3.63) is 86.1 Å². The second-order valence-corrected chi connectivity index (χ2v) is 12.4. The van der Waals surface area contributed by atoms with E-state index >= 15 is 0 Å². The SMILES string of the molecule is C#Cc1ncc([C@H](CC(=O)O)NC(=O)[C@@H](CC(C)C)n2cc(CCN(C)C)c(C(F)(F)F)cc2=O)cc1-c1c(C)cc(C)cc1C. The zero-order valence-electron chi connectivity index (χ0n) is 27.2. The molecule has 8 nitrogen and oxygen atoms in total. The average molecular weight is 639 g/mol. The molecule has 0 unspecified atom stereocenters. The third kappa shape index (κ3) is 8.85. The van der Waals surface area contributed by atoms with Gasteiger partial charge in [0.1, 0.15) is 11.7 Å². The van der Waals surface area contributed by atoms with E-state index in [9.17, 15) is 32.7 Å². The fraction of sp³-hybridized carbons (Fsp3) is 0.429. The van der Waals surface area contributed by atoms with Crippen molar-refractivity contribution < 1.29 is 27.9 Å². The Morgan fingerprint density at radius 2 is 1.74 bits per heavy atom. The van der Waals surface area contributed by atoms with Crippen molar-refractivity contribution in [1.29, 1.82) is 0 Å². The molecule has 46 heavy (non-hydrogen) atoms. The summed E-state index contributed by atoms with van der Waals surface area (Å²) in [5, 5.41) is 12.5. The molecule has 0 aliphatic rings. The molecule has 2 atom stereocenters. The van der Waals surface area contributed by atoms with Crippen LogP contribution in [0, 0.1) is 39.0 Å². The van der Waals surface area contributed by atoms with Crippen LogP contribution >= 0.6 is 0 Å². The summed E-state index contributed by atoms with van der Waals surface area (Å²) in [7, 11) is 3.44. The molecule has 0 fully saturated rings. The summed E-state index contributed by atoms with van der Waals surface area (Å²) in [6.45, 7) is 9.76. The number of carbonyl (C=O) groups excluding carboxylic acids is 1. The summed E-state index contributed by atoms with van der Waals surface area (Å²) < 4.78 is 42.7. The largest absolute Gasteiger partial charge is 0.481 e. The lowest BCUT2D eigenvalue weighted by atomic mass is 9.91. The Balaban J connectivity index is 2.13. The lowest BCUT2D eigenvalue weighted by Gasteiger charge is -2.26. The lowest BCUT2D eigenvalue weighted by Crippen LogP contribution is -2.40. The molecule has 0 aliphatic heterocycles. The van der Waals surface area contributed by atoms with Crippen LogP contribution in [0.4, 0.5) is 13.2 Å². The summed E-state index contributed by atoms with van der Waals surface area (Å²) in [5.41, 5.74) is 2.95. The Kier molecular flexibility index (Phi) is 11.6. The quantitative estimate of drug-likeness (QED) is 0.241. The number of aryl methyl sites for hydroxylation is 3. The van der Waals surface area contributed by atoms with E-state index in [1.165, 1.54) is 6.20 Å². The van der Waals surface area contributed by atoms with Crippen molar-refractivity contribution >= 4 is 11.9 Å². The number of pyridine rings is 2. The highest BCUT2D eigenvalue weighted by molar-refractivity contribution is 5.82. The summed E-state index contributed by atoms with van der Waals surface area (Å²) in [5.74, 6) is 0.541. The number of amides is 1. The number of hydrogen-bond acceptors (Lipinski definition) is 5. The van der Waals surface area contributed by atoms with Crippen LogP contribution in [0.5, 0.6) is 0 Å². The van der Waals surface area contributed by atoms with Crippen LogP contribution in [-0.2, 0) is 22.2 Å². The van der Waals surface area contributed by atoms with Gasteiger partial charge >= 0.3 is 12.1 Å². The number of benzene rings is 1. The van der Waals surface area contributed by atoms with Crippen molar-refractivity contribution in [3.8, 4) is 23.5 Å². The van der Waals surface area contributed by atoms with E-state index in [1.807, 2.05) is 46.8 Å². The number of nitrogens with zero attached hydrogens (tertiary/aromatic N) is 3. The van der Waals surface area contributed by atoms with E-state index in [4.69, 9.17) is 6.42 Å². The Bertz CT molecular complexity index is 1680. The molecule has 2 heterocycles. The van der Waals surface area contributed by atoms with E-state index in [0.29, 0.717) is 22.9 Å². The number of hydrogen-bond donors (Lipinski definition) is 2. The first-order valence-electron chi connectivity index (χ1n) is 15.0. The lowest BCUT2D eigenvalue weighted by molar-refractivity contribution is -0.139. The first-order chi connectivity index (χ1) is 21.4. The van der Waals surface area contributed by atoms with Crippen LogP contribution in [0.1, 0.15) is 77.8 Å². The van der Waals surface area contributed by atoms with Crippen LogP contribution in [0.25, 0.3) is 11.1 Å². The third-order valence-electron chi connectivity index (χ3n) is 7.72. The van der Waals surface area contributed by atoms with Gasteiger partial charge in [-0.25, -0.2) is 4.98 Å². The maximum atomic E-state index is 13.9. The maximum absolute atomic E-state index is 13.9. The summed E-state index contributed by atoms with van der Waals surface area (Å²) in [6, 6.07) is 3.95. The van der Waals surface area contributed by atoms with E-state index < -0.39 is 47.7 Å². The van der Waals surface area contributed by atoms with Crippen LogP contribution in [-0.4, -0.2) is 52.1 Å². The van der Waals surface area contributed by atoms with Crippen LogP contribution < -0.4 is 10.9 Å². The molecule has 0 bridgehead atoms. The first kappa shape index (κ1) is 36.0. The Hall–Kier alpha value is -4.43. The summed E-state index contributed by atoms with van der Waals surface area (Å²) >= 11 is 0.